The second-order valence-electron chi connectivity index (χ2n) is 13.4. The summed E-state index contributed by atoms with van der Waals surface area (Å²) in [7, 11) is 6.67. The fourth-order valence-corrected chi connectivity index (χ4v) is 7.30. The Kier molecular flexibility index (Phi) is 12.2. The minimum atomic E-state index is 0. The van der Waals surface area contributed by atoms with Crippen molar-refractivity contribution in [2.75, 3.05) is 28.4 Å². The third kappa shape index (κ3) is 7.98. The molecule has 0 fully saturated rings. The molecule has 0 saturated heterocycles. The van der Waals surface area contributed by atoms with E-state index in [0.717, 1.165) is 112 Å². The summed E-state index contributed by atoms with van der Waals surface area (Å²) in [5.74, 6) is 3.06. The molecule has 2 aliphatic rings. The van der Waals surface area contributed by atoms with Crippen molar-refractivity contribution < 1.29 is 35.7 Å². The van der Waals surface area contributed by atoms with Gasteiger partial charge in [0.15, 0.2) is 0 Å². The molecule has 0 atom stereocenters. The van der Waals surface area contributed by atoms with Gasteiger partial charge in [-0.05, 0) is 128 Å². The summed E-state index contributed by atoms with van der Waals surface area (Å²) in [6.45, 7) is 0. The van der Waals surface area contributed by atoms with E-state index in [1.165, 1.54) is 0 Å². The molecule has 1 N–H and O–H groups in total. The van der Waals surface area contributed by atoms with Crippen LogP contribution in [0.1, 0.15) is 22.8 Å². The first-order chi connectivity index (χ1) is 28.9. The molecule has 8 bridgehead atoms. The molecule has 0 aliphatic carbocycles. The molecule has 3 aromatic heterocycles. The van der Waals surface area contributed by atoms with Crippen molar-refractivity contribution in [2.45, 2.75) is 0 Å². The molecular weight excluding hydrogens is 798 g/mol. The van der Waals surface area contributed by atoms with Crippen LogP contribution >= 0.6 is 0 Å². The van der Waals surface area contributed by atoms with Gasteiger partial charge in [-0.2, -0.15) is 0 Å². The van der Waals surface area contributed by atoms with E-state index < -0.39 is 0 Å². The molecule has 0 amide bonds. The molecule has 12 heteroatoms. The van der Waals surface area contributed by atoms with E-state index in [9.17, 15) is 0 Å². The minimum Gasteiger partial charge on any atom is -0.657 e. The molecule has 0 spiro atoms. The van der Waals surface area contributed by atoms with E-state index in [0.29, 0.717) is 0 Å². The number of benzene rings is 4. The van der Waals surface area contributed by atoms with Crippen LogP contribution in [0.3, 0.4) is 0 Å². The van der Waals surface area contributed by atoms with E-state index in [2.05, 4.69) is 48.6 Å². The maximum atomic E-state index is 6.86. The van der Waals surface area contributed by atoms with Crippen molar-refractivity contribution in [2.24, 2.45) is 0 Å². The van der Waals surface area contributed by atoms with Crippen LogP contribution in [0.2, 0.25) is 0 Å². The van der Waals surface area contributed by atoms with Crippen LogP contribution in [0.25, 0.3) is 101 Å². The molecule has 4 aromatic carbocycles. The Hall–Kier alpha value is -7.50. The normalized spacial score (nSPS) is 11.1. The van der Waals surface area contributed by atoms with Crippen molar-refractivity contribution in [3.05, 3.63) is 155 Å². The van der Waals surface area contributed by atoms with E-state index in [1.54, 1.807) is 33.4 Å². The van der Waals surface area contributed by atoms with Gasteiger partial charge in [-0.3, -0.25) is 0 Å². The fraction of sp³-hybridized carbons (Fsp3) is 0.0833. The van der Waals surface area contributed by atoms with Crippen LogP contribution in [-0.4, -0.2) is 38.4 Å². The third-order valence-corrected chi connectivity index (χ3v) is 10.1. The van der Waals surface area contributed by atoms with E-state index in [1.807, 2.05) is 97.1 Å². The zero-order valence-corrected chi connectivity index (χ0v) is 34.0. The second-order valence-corrected chi connectivity index (χ2v) is 13.4. The van der Waals surface area contributed by atoms with Crippen LogP contribution in [-0.2, 0) is 16.8 Å². The molecule has 0 unspecified atom stereocenters. The quantitative estimate of drug-likeness (QED) is 0.0902. The molecule has 2 aliphatic heterocycles. The third-order valence-electron chi connectivity index (χ3n) is 10.1. The van der Waals surface area contributed by atoms with Gasteiger partial charge < -0.3 is 28.9 Å². The minimum absolute atomic E-state index is 0. The zero-order chi connectivity index (χ0) is 40.9. The number of ether oxygens (including phenoxy) is 4. The van der Waals surface area contributed by atoms with Gasteiger partial charge >= 0.3 is 16.8 Å². The fourth-order valence-electron chi connectivity index (χ4n) is 7.30. The topological polar surface area (TPSA) is 151 Å². The van der Waals surface area contributed by atoms with Gasteiger partial charge in [0.2, 0.25) is 0 Å². The maximum Gasteiger partial charge on any atom is 3.00 e. The van der Waals surface area contributed by atoms with Crippen LogP contribution in [0.4, 0.5) is 0 Å². The van der Waals surface area contributed by atoms with E-state index in [4.69, 9.17) is 49.9 Å². The number of rotatable bonds is 8. The molecule has 5 heterocycles. The largest absolute Gasteiger partial charge is 3.00 e. The number of aromatic nitrogens is 4. The van der Waals surface area contributed by atoms with Crippen molar-refractivity contribution in [3.8, 4) is 67.5 Å². The summed E-state index contributed by atoms with van der Waals surface area (Å²) in [5, 5.41) is 0. The Morgan fingerprint density at radius 2 is 0.600 bits per heavy atom. The molecular formula is C48H37CoN7O4+. The SMILES string of the molecule is COc1ccc(-c2c3nc(c(-c4ccc(OC)cc4)c4ccc([n-]4)c(-c4ccc(OC)cc4)c4nc(c(-c5ccc(OC)cc5)c5ccc2[n-]5)C=C4)C=C3)cc1.[Co+3].[N-]=[N+]=N. The van der Waals surface area contributed by atoms with Gasteiger partial charge in [0.05, 0.1) is 51.2 Å². The summed E-state index contributed by atoms with van der Waals surface area (Å²) in [6, 6.07) is 40.3. The van der Waals surface area contributed by atoms with Gasteiger partial charge in [-0.1, -0.05) is 72.8 Å². The Labute approximate surface area is 356 Å². The van der Waals surface area contributed by atoms with Crippen LogP contribution in [0, 0.1) is 5.53 Å². The van der Waals surface area contributed by atoms with Gasteiger partial charge in [-0.15, -0.1) is 27.6 Å². The molecule has 0 saturated carbocycles. The monoisotopic (exact) mass is 834 g/mol. The van der Waals surface area contributed by atoms with Crippen molar-refractivity contribution >= 4 is 46.4 Å². The zero-order valence-electron chi connectivity index (χ0n) is 33.0. The first-order valence-electron chi connectivity index (χ1n) is 18.6. The van der Waals surface area contributed by atoms with Gasteiger partial charge in [-0.25, -0.2) is 9.97 Å². The van der Waals surface area contributed by atoms with Crippen molar-refractivity contribution in [3.63, 3.8) is 0 Å². The molecule has 0 radical (unpaired) electrons. The summed E-state index contributed by atoms with van der Waals surface area (Å²) in [5.41, 5.74) is 25.9. The predicted octanol–water partition coefficient (Wildman–Crippen LogP) is 11.5. The number of nitrogens with one attached hydrogen (secondary N) is 1. The molecule has 9 rings (SSSR count). The number of methoxy groups -OCH3 is 4. The van der Waals surface area contributed by atoms with Crippen LogP contribution < -0.4 is 28.9 Å². The second kappa shape index (κ2) is 18.0. The summed E-state index contributed by atoms with van der Waals surface area (Å²) >= 11 is 0. The van der Waals surface area contributed by atoms with Crippen LogP contribution in [0.15, 0.2) is 121 Å². The summed E-state index contributed by atoms with van der Waals surface area (Å²) in [4.78, 5) is 23.1. The Balaban J connectivity index is 0.00000132. The first kappa shape index (κ1) is 40.7. The Bertz CT molecular complexity index is 2550. The standard InChI is InChI=1S/C48H36N4O4.Co.HN3/c1-53-33-13-5-29(6-14-33)45-37-21-23-39(49-37)46(30-7-15-34(54-2)16-8-30)41-25-27-43(51-41)48(32-11-19-36(56-4)20-12-32)44-28-26-42(52-44)47(40-24-22-38(45)50-40)31-9-17-35(55-3)18-10-31;;1-3-2/h5-28H,1-4H3;;1H/q-2;+3;. The molecule has 11 nitrogen and oxygen atoms in total. The molecule has 60 heavy (non-hydrogen) atoms. The van der Waals surface area contributed by atoms with E-state index in [-0.39, 0.29) is 16.8 Å². The predicted molar refractivity (Wildman–Crippen MR) is 234 cm³/mol. The van der Waals surface area contributed by atoms with Gasteiger partial charge in [0, 0.05) is 0 Å². The average Bonchev–Trinajstić information content (AvgIpc) is 4.13. The number of hydrogen-bond donors (Lipinski definition) is 1. The average molecular weight is 835 g/mol. The van der Waals surface area contributed by atoms with Crippen molar-refractivity contribution in [1.29, 1.82) is 5.53 Å². The smallest absolute Gasteiger partial charge is 0.657 e. The molecule has 7 aromatic rings. The maximum absolute atomic E-state index is 6.86. The van der Waals surface area contributed by atoms with E-state index >= 15 is 0 Å². The Morgan fingerprint density at radius 1 is 0.400 bits per heavy atom. The van der Waals surface area contributed by atoms with Gasteiger partial charge in [0.1, 0.15) is 23.0 Å². The van der Waals surface area contributed by atoms with Gasteiger partial charge in [0.25, 0.3) is 0 Å². The number of fused-ring (bicyclic) bond motifs is 8. The number of hydrogen-bond acceptors (Lipinski definition) is 7. The molecule has 296 valence electrons. The van der Waals surface area contributed by atoms with Crippen LogP contribution in [0.5, 0.6) is 23.0 Å². The number of nitrogens with zero attached hydrogens (tertiary/aromatic N) is 6. The van der Waals surface area contributed by atoms with Crippen molar-refractivity contribution in [1.82, 2.24) is 19.9 Å². The Morgan fingerprint density at radius 3 is 0.783 bits per heavy atom. The summed E-state index contributed by atoms with van der Waals surface area (Å²) < 4.78 is 22.1. The first-order valence-corrected chi connectivity index (χ1v) is 18.6. The summed E-state index contributed by atoms with van der Waals surface area (Å²) in [6.07, 6.45) is 8.23.